The average molecular weight is 372 g/mol. The average Bonchev–Trinajstić information content (AvgIpc) is 3.12. The number of nitrogens with zero attached hydrogens (tertiary/aromatic N) is 3. The van der Waals surface area contributed by atoms with Gasteiger partial charge in [0.2, 0.25) is 0 Å². The molecular weight excluding hydrogens is 352 g/mol. The van der Waals surface area contributed by atoms with Crippen LogP contribution < -0.4 is 10.6 Å². The summed E-state index contributed by atoms with van der Waals surface area (Å²) in [4.78, 5) is 21.0. The number of fused-ring (bicyclic) bond motifs is 1. The highest BCUT2D eigenvalue weighted by molar-refractivity contribution is 5.94. The standard InChI is InChI=1S/C21H20N6O/c1-13-12-16(10-11-22-13)19-17-8-9-18(24-20(17)27-26-19)25-21(28)23-14(2)15-6-4-3-5-7-15/h3-12,14H,1-2H3,(H3,23,24,25,26,27,28)/t14-/m0/s1. The first-order valence-electron chi connectivity index (χ1n) is 9.01. The molecule has 7 heteroatoms. The Balaban J connectivity index is 1.50. The van der Waals surface area contributed by atoms with E-state index >= 15 is 0 Å². The van der Waals surface area contributed by atoms with Gasteiger partial charge in [-0.15, -0.1) is 0 Å². The van der Waals surface area contributed by atoms with Crippen LogP contribution >= 0.6 is 0 Å². The summed E-state index contributed by atoms with van der Waals surface area (Å²) in [5, 5.41) is 13.9. The quantitative estimate of drug-likeness (QED) is 0.500. The van der Waals surface area contributed by atoms with Crippen LogP contribution in [0.2, 0.25) is 0 Å². The molecule has 3 heterocycles. The zero-order valence-corrected chi connectivity index (χ0v) is 15.6. The zero-order valence-electron chi connectivity index (χ0n) is 15.6. The molecule has 3 aromatic heterocycles. The fourth-order valence-corrected chi connectivity index (χ4v) is 3.06. The Morgan fingerprint density at radius 1 is 1.11 bits per heavy atom. The van der Waals surface area contributed by atoms with E-state index in [-0.39, 0.29) is 12.1 Å². The van der Waals surface area contributed by atoms with E-state index in [1.165, 1.54) is 0 Å². The van der Waals surface area contributed by atoms with Crippen molar-refractivity contribution in [3.8, 4) is 11.3 Å². The topological polar surface area (TPSA) is 95.6 Å². The SMILES string of the molecule is Cc1cc(-c2n[nH]c3nc(NC(=O)N[C@@H](C)c4ccccc4)ccc23)ccn1. The van der Waals surface area contributed by atoms with Gasteiger partial charge in [-0.3, -0.25) is 15.4 Å². The Kier molecular flexibility index (Phi) is 4.72. The molecule has 0 aliphatic carbocycles. The number of anilines is 1. The molecule has 2 amide bonds. The van der Waals surface area contributed by atoms with Gasteiger partial charge in [0.15, 0.2) is 5.65 Å². The molecule has 0 saturated carbocycles. The number of aryl methyl sites for hydroxylation is 1. The molecule has 0 aliphatic heterocycles. The number of pyridine rings is 2. The number of carbonyl (C=O) groups excluding carboxylic acids is 1. The molecule has 0 spiro atoms. The summed E-state index contributed by atoms with van der Waals surface area (Å²) < 4.78 is 0. The van der Waals surface area contributed by atoms with Crippen LogP contribution in [-0.2, 0) is 0 Å². The van der Waals surface area contributed by atoms with Gasteiger partial charge in [-0.05, 0) is 43.7 Å². The van der Waals surface area contributed by atoms with Gasteiger partial charge in [-0.2, -0.15) is 5.10 Å². The molecule has 4 aromatic rings. The van der Waals surface area contributed by atoms with Gasteiger partial charge in [0.1, 0.15) is 11.5 Å². The Labute approximate surface area is 162 Å². The Bertz CT molecular complexity index is 1120. The highest BCUT2D eigenvalue weighted by atomic mass is 16.2. The minimum Gasteiger partial charge on any atom is -0.331 e. The zero-order chi connectivity index (χ0) is 19.5. The number of benzene rings is 1. The number of aromatic amines is 1. The molecule has 0 unspecified atom stereocenters. The maximum atomic E-state index is 12.3. The van der Waals surface area contributed by atoms with E-state index in [1.54, 1.807) is 12.3 Å². The third-order valence-corrected chi connectivity index (χ3v) is 4.48. The number of H-pyrrole nitrogens is 1. The normalized spacial score (nSPS) is 11.9. The first kappa shape index (κ1) is 17.7. The number of amides is 2. The first-order valence-corrected chi connectivity index (χ1v) is 9.01. The lowest BCUT2D eigenvalue weighted by molar-refractivity contribution is 0.249. The fraction of sp³-hybridized carbons (Fsp3) is 0.143. The molecule has 0 fully saturated rings. The van der Waals surface area contributed by atoms with E-state index in [9.17, 15) is 4.79 Å². The predicted molar refractivity (Wildman–Crippen MR) is 109 cm³/mol. The van der Waals surface area contributed by atoms with Gasteiger partial charge < -0.3 is 5.32 Å². The summed E-state index contributed by atoms with van der Waals surface area (Å²) in [6.07, 6.45) is 1.76. The summed E-state index contributed by atoms with van der Waals surface area (Å²) in [6.45, 7) is 3.87. The molecule has 0 saturated heterocycles. The van der Waals surface area contributed by atoms with Crippen molar-refractivity contribution >= 4 is 22.9 Å². The molecule has 28 heavy (non-hydrogen) atoms. The third kappa shape index (κ3) is 3.68. The maximum Gasteiger partial charge on any atom is 0.320 e. The Hall–Kier alpha value is -3.74. The highest BCUT2D eigenvalue weighted by Gasteiger charge is 2.13. The second-order valence-electron chi connectivity index (χ2n) is 6.58. The van der Waals surface area contributed by atoms with E-state index in [4.69, 9.17) is 0 Å². The first-order chi connectivity index (χ1) is 13.6. The van der Waals surface area contributed by atoms with Crippen molar-refractivity contribution < 1.29 is 4.79 Å². The number of rotatable bonds is 4. The number of carbonyl (C=O) groups is 1. The lowest BCUT2D eigenvalue weighted by Crippen LogP contribution is -2.31. The Morgan fingerprint density at radius 3 is 2.71 bits per heavy atom. The largest absolute Gasteiger partial charge is 0.331 e. The fourth-order valence-electron chi connectivity index (χ4n) is 3.06. The number of hydrogen-bond acceptors (Lipinski definition) is 4. The van der Waals surface area contributed by atoms with Crippen molar-refractivity contribution in [1.29, 1.82) is 0 Å². The number of aromatic nitrogens is 4. The van der Waals surface area contributed by atoms with Crippen molar-refractivity contribution in [3.63, 3.8) is 0 Å². The monoisotopic (exact) mass is 372 g/mol. The van der Waals surface area contributed by atoms with Crippen molar-refractivity contribution in [3.05, 3.63) is 72.1 Å². The van der Waals surface area contributed by atoms with Crippen LogP contribution in [0.5, 0.6) is 0 Å². The summed E-state index contributed by atoms with van der Waals surface area (Å²) >= 11 is 0. The molecule has 1 atom stereocenters. The predicted octanol–water partition coefficient (Wildman–Crippen LogP) is 4.21. The third-order valence-electron chi connectivity index (χ3n) is 4.48. The second kappa shape index (κ2) is 7.48. The van der Waals surface area contributed by atoms with Crippen LogP contribution in [0.3, 0.4) is 0 Å². The number of hydrogen-bond donors (Lipinski definition) is 3. The second-order valence-corrected chi connectivity index (χ2v) is 6.58. The van der Waals surface area contributed by atoms with E-state index < -0.39 is 0 Å². The lowest BCUT2D eigenvalue weighted by Gasteiger charge is -2.14. The lowest BCUT2D eigenvalue weighted by atomic mass is 10.1. The van der Waals surface area contributed by atoms with E-state index in [0.717, 1.165) is 27.9 Å². The smallest absolute Gasteiger partial charge is 0.320 e. The van der Waals surface area contributed by atoms with Crippen LogP contribution in [0, 0.1) is 6.92 Å². The molecule has 140 valence electrons. The van der Waals surface area contributed by atoms with Crippen molar-refractivity contribution in [2.24, 2.45) is 0 Å². The van der Waals surface area contributed by atoms with Crippen LogP contribution in [0.1, 0.15) is 24.2 Å². The van der Waals surface area contributed by atoms with E-state index in [1.807, 2.05) is 62.4 Å². The molecule has 0 radical (unpaired) electrons. The van der Waals surface area contributed by atoms with Gasteiger partial charge in [0.25, 0.3) is 0 Å². The van der Waals surface area contributed by atoms with Gasteiger partial charge in [0, 0.05) is 22.8 Å². The molecular formula is C21H20N6O. The van der Waals surface area contributed by atoms with Gasteiger partial charge >= 0.3 is 6.03 Å². The maximum absolute atomic E-state index is 12.3. The van der Waals surface area contributed by atoms with Crippen LogP contribution in [0.4, 0.5) is 10.6 Å². The van der Waals surface area contributed by atoms with E-state index in [0.29, 0.717) is 11.5 Å². The van der Waals surface area contributed by atoms with Crippen LogP contribution in [-0.4, -0.2) is 26.2 Å². The van der Waals surface area contributed by atoms with Crippen molar-refractivity contribution in [1.82, 2.24) is 25.5 Å². The summed E-state index contributed by atoms with van der Waals surface area (Å²) in [5.74, 6) is 0.450. The molecule has 4 rings (SSSR count). The van der Waals surface area contributed by atoms with Gasteiger partial charge in [0.05, 0.1) is 6.04 Å². The summed E-state index contributed by atoms with van der Waals surface area (Å²) in [5.41, 5.74) is 4.34. The Morgan fingerprint density at radius 2 is 1.93 bits per heavy atom. The molecule has 1 aromatic carbocycles. The number of nitrogens with one attached hydrogen (secondary N) is 3. The van der Waals surface area contributed by atoms with Crippen LogP contribution in [0.15, 0.2) is 60.8 Å². The molecule has 0 bridgehead atoms. The van der Waals surface area contributed by atoms with Gasteiger partial charge in [-0.1, -0.05) is 30.3 Å². The minimum absolute atomic E-state index is 0.112. The summed E-state index contributed by atoms with van der Waals surface area (Å²) in [7, 11) is 0. The molecule has 3 N–H and O–H groups in total. The van der Waals surface area contributed by atoms with Crippen LogP contribution in [0.25, 0.3) is 22.3 Å². The molecule has 0 aliphatic rings. The minimum atomic E-state index is -0.312. The van der Waals surface area contributed by atoms with Gasteiger partial charge in [-0.25, -0.2) is 9.78 Å². The molecule has 7 nitrogen and oxygen atoms in total. The van der Waals surface area contributed by atoms with E-state index in [2.05, 4.69) is 30.8 Å². The summed E-state index contributed by atoms with van der Waals surface area (Å²) in [6, 6.07) is 16.9. The number of urea groups is 1. The highest BCUT2D eigenvalue weighted by Crippen LogP contribution is 2.26. The van der Waals surface area contributed by atoms with Crippen molar-refractivity contribution in [2.45, 2.75) is 19.9 Å². The van der Waals surface area contributed by atoms with Crippen molar-refractivity contribution in [2.75, 3.05) is 5.32 Å².